The smallest absolute Gasteiger partial charge is 0.254 e. The highest BCUT2D eigenvalue weighted by molar-refractivity contribution is 6.00. The molecule has 4 rings (SSSR count). The summed E-state index contributed by atoms with van der Waals surface area (Å²) in [4.78, 5) is 28.8. The predicted molar refractivity (Wildman–Crippen MR) is 152 cm³/mol. The zero-order valence-electron chi connectivity index (χ0n) is 24.2. The first kappa shape index (κ1) is 32.0. The molecule has 9 nitrogen and oxygen atoms in total. The van der Waals surface area contributed by atoms with Crippen molar-refractivity contribution in [3.63, 3.8) is 0 Å². The maximum Gasteiger partial charge on any atom is 0.254 e. The Balaban J connectivity index is 1.56. The van der Waals surface area contributed by atoms with Crippen molar-refractivity contribution >= 4 is 11.8 Å². The Kier molecular flexibility index (Phi) is 11.4. The van der Waals surface area contributed by atoms with Crippen molar-refractivity contribution in [3.8, 4) is 0 Å². The van der Waals surface area contributed by atoms with E-state index in [2.05, 4.69) is 10.6 Å². The third kappa shape index (κ3) is 8.32. The van der Waals surface area contributed by atoms with E-state index in [-0.39, 0.29) is 48.8 Å². The van der Waals surface area contributed by atoms with Crippen molar-refractivity contribution in [1.29, 1.82) is 0 Å². The SMILES string of the molecule is COC[C@H]1CCCN1C(=O)c1cc(C)cc(C(=O)N[C@@H](Cc2cc(F)cc(F)c2)[C@H](O)[C@H]2C[C@@H](OCCO)CCN2)c1. The number of aliphatic hydroxyl groups is 2. The molecule has 2 aromatic carbocycles. The first-order valence-corrected chi connectivity index (χ1v) is 14.5. The number of piperidine rings is 1. The maximum absolute atomic E-state index is 14.0. The van der Waals surface area contributed by atoms with Crippen molar-refractivity contribution in [2.45, 2.75) is 69.4 Å². The van der Waals surface area contributed by atoms with Gasteiger partial charge in [0.1, 0.15) is 11.6 Å². The first-order valence-electron chi connectivity index (χ1n) is 14.5. The summed E-state index contributed by atoms with van der Waals surface area (Å²) in [5.74, 6) is -2.21. The minimum atomic E-state index is -1.13. The van der Waals surface area contributed by atoms with Gasteiger partial charge in [0.05, 0.1) is 44.1 Å². The molecule has 4 N–H and O–H groups in total. The van der Waals surface area contributed by atoms with Gasteiger partial charge in [0.2, 0.25) is 0 Å². The molecule has 2 amide bonds. The highest BCUT2D eigenvalue weighted by Gasteiger charge is 2.34. The summed E-state index contributed by atoms with van der Waals surface area (Å²) in [6, 6.07) is 6.62. The van der Waals surface area contributed by atoms with E-state index >= 15 is 0 Å². The van der Waals surface area contributed by atoms with Crippen molar-refractivity contribution in [2.75, 3.05) is 40.0 Å². The Morgan fingerprint density at radius 2 is 1.86 bits per heavy atom. The van der Waals surface area contributed by atoms with E-state index in [0.717, 1.165) is 24.5 Å². The Bertz CT molecular complexity index is 1210. The largest absolute Gasteiger partial charge is 0.394 e. The summed E-state index contributed by atoms with van der Waals surface area (Å²) in [5.41, 5.74) is 1.61. The van der Waals surface area contributed by atoms with Crippen LogP contribution in [0.2, 0.25) is 0 Å². The van der Waals surface area contributed by atoms with Crippen molar-refractivity contribution in [1.82, 2.24) is 15.5 Å². The van der Waals surface area contributed by atoms with Gasteiger partial charge in [0.15, 0.2) is 0 Å². The van der Waals surface area contributed by atoms with Gasteiger partial charge in [-0.3, -0.25) is 9.59 Å². The normalized spacial score (nSPS) is 22.1. The lowest BCUT2D eigenvalue weighted by molar-refractivity contribution is -0.0187. The van der Waals surface area contributed by atoms with Crippen molar-refractivity contribution in [3.05, 3.63) is 70.3 Å². The second-order valence-corrected chi connectivity index (χ2v) is 11.2. The number of nitrogens with one attached hydrogen (secondary N) is 2. The number of aryl methyl sites for hydroxylation is 1. The molecule has 2 fully saturated rings. The fourth-order valence-corrected chi connectivity index (χ4v) is 5.99. The molecule has 2 aliphatic rings. The molecule has 0 aliphatic carbocycles. The Labute approximate surface area is 245 Å². The third-order valence-electron chi connectivity index (χ3n) is 7.94. The van der Waals surface area contributed by atoms with Gasteiger partial charge in [0.25, 0.3) is 11.8 Å². The summed E-state index contributed by atoms with van der Waals surface area (Å²) < 4.78 is 39.0. The Morgan fingerprint density at radius 1 is 1.12 bits per heavy atom. The molecule has 0 spiro atoms. The molecule has 0 aromatic heterocycles. The number of hydrogen-bond donors (Lipinski definition) is 4. The molecule has 2 aliphatic heterocycles. The van der Waals surface area contributed by atoms with Crippen LogP contribution < -0.4 is 10.6 Å². The highest BCUT2D eigenvalue weighted by Crippen LogP contribution is 2.23. The number of carbonyl (C=O) groups is 2. The quantitative estimate of drug-likeness (QED) is 0.300. The van der Waals surface area contributed by atoms with Gasteiger partial charge < -0.3 is 35.2 Å². The number of likely N-dealkylation sites (tertiary alicyclic amines) is 1. The molecule has 0 radical (unpaired) electrons. The monoisotopic (exact) mass is 589 g/mol. The van der Waals surface area contributed by atoms with Crippen molar-refractivity contribution < 1.29 is 38.1 Å². The van der Waals surface area contributed by atoms with Crippen LogP contribution in [-0.2, 0) is 15.9 Å². The van der Waals surface area contributed by atoms with Gasteiger partial charge in [-0.15, -0.1) is 0 Å². The fraction of sp³-hybridized carbons (Fsp3) is 0.548. The second kappa shape index (κ2) is 15.0. The molecule has 2 aromatic rings. The summed E-state index contributed by atoms with van der Waals surface area (Å²) in [7, 11) is 1.60. The van der Waals surface area contributed by atoms with Crippen LogP contribution >= 0.6 is 0 Å². The number of halogens is 2. The van der Waals surface area contributed by atoms with Crippen LogP contribution in [0.1, 0.15) is 57.5 Å². The highest BCUT2D eigenvalue weighted by atomic mass is 19.1. The zero-order chi connectivity index (χ0) is 30.2. The molecule has 0 unspecified atom stereocenters. The first-order chi connectivity index (χ1) is 20.2. The number of amides is 2. The summed E-state index contributed by atoms with van der Waals surface area (Å²) in [5, 5.41) is 26.7. The van der Waals surface area contributed by atoms with Gasteiger partial charge >= 0.3 is 0 Å². The molecule has 5 atom stereocenters. The molecule has 0 bridgehead atoms. The number of hydrogen-bond acceptors (Lipinski definition) is 7. The molecule has 42 heavy (non-hydrogen) atoms. The van der Waals surface area contributed by atoms with E-state index < -0.39 is 35.7 Å². The standard InChI is InChI=1S/C31H41F2N3O6/c1-19-10-21(15-22(11-19)31(40)36-7-3-4-25(36)18-41-2)30(39)35-28(14-20-12-23(32)16-24(33)13-20)29(38)27-17-26(5-6-34-27)42-9-8-37/h10-13,15-16,25-29,34,37-38H,3-9,14,17-18H2,1-2H3,(H,35,39)/t25-,26+,27-,28+,29-/m1/s1. The summed E-state index contributed by atoms with van der Waals surface area (Å²) in [6.45, 7) is 3.45. The van der Waals surface area contributed by atoms with Crippen LogP contribution in [0.15, 0.2) is 36.4 Å². The van der Waals surface area contributed by atoms with Crippen molar-refractivity contribution in [2.24, 2.45) is 0 Å². The fourth-order valence-electron chi connectivity index (χ4n) is 5.99. The zero-order valence-corrected chi connectivity index (χ0v) is 24.2. The van der Waals surface area contributed by atoms with E-state index in [1.807, 2.05) is 0 Å². The van der Waals surface area contributed by atoms with Crippen LogP contribution in [-0.4, -0.2) is 97.3 Å². The third-order valence-corrected chi connectivity index (χ3v) is 7.94. The van der Waals surface area contributed by atoms with Gasteiger partial charge in [-0.2, -0.15) is 0 Å². The summed E-state index contributed by atoms with van der Waals surface area (Å²) in [6.07, 6.45) is 1.47. The number of aliphatic hydroxyl groups excluding tert-OH is 2. The van der Waals surface area contributed by atoms with Crippen LogP contribution in [0.25, 0.3) is 0 Å². The number of carbonyl (C=O) groups excluding carboxylic acids is 2. The van der Waals surface area contributed by atoms with E-state index in [1.54, 1.807) is 31.1 Å². The lowest BCUT2D eigenvalue weighted by Crippen LogP contribution is -2.57. The summed E-state index contributed by atoms with van der Waals surface area (Å²) >= 11 is 0. The molecule has 2 heterocycles. The van der Waals surface area contributed by atoms with Gasteiger partial charge in [-0.05, 0) is 87.0 Å². The maximum atomic E-state index is 14.0. The minimum absolute atomic E-state index is 0.0281. The van der Waals surface area contributed by atoms with E-state index in [1.165, 1.54) is 18.2 Å². The molecular weight excluding hydrogens is 548 g/mol. The predicted octanol–water partition coefficient (Wildman–Crippen LogP) is 2.36. The minimum Gasteiger partial charge on any atom is -0.394 e. The van der Waals surface area contributed by atoms with Crippen LogP contribution in [0.5, 0.6) is 0 Å². The topological polar surface area (TPSA) is 120 Å². The van der Waals surface area contributed by atoms with Crippen LogP contribution in [0, 0.1) is 18.6 Å². The van der Waals surface area contributed by atoms with E-state index in [4.69, 9.17) is 14.6 Å². The number of ether oxygens (including phenoxy) is 2. The molecule has 2 saturated heterocycles. The molecular formula is C31H41F2N3O6. The molecule has 0 saturated carbocycles. The lowest BCUT2D eigenvalue weighted by Gasteiger charge is -2.37. The number of rotatable bonds is 12. The average Bonchev–Trinajstić information content (AvgIpc) is 3.42. The number of methoxy groups -OCH3 is 1. The number of benzene rings is 2. The Hall–Kier alpha value is -2.96. The second-order valence-electron chi connectivity index (χ2n) is 11.2. The number of nitrogens with zero attached hydrogens (tertiary/aromatic N) is 1. The van der Waals surface area contributed by atoms with Gasteiger partial charge in [0, 0.05) is 36.9 Å². The average molecular weight is 590 g/mol. The molecule has 11 heteroatoms. The van der Waals surface area contributed by atoms with Crippen LogP contribution in [0.4, 0.5) is 8.78 Å². The van der Waals surface area contributed by atoms with Gasteiger partial charge in [-0.25, -0.2) is 8.78 Å². The Morgan fingerprint density at radius 3 is 2.57 bits per heavy atom. The molecule has 230 valence electrons. The lowest BCUT2D eigenvalue weighted by atomic mass is 9.90. The van der Waals surface area contributed by atoms with Crippen LogP contribution in [0.3, 0.4) is 0 Å². The van der Waals surface area contributed by atoms with E-state index in [9.17, 15) is 23.5 Å². The van der Waals surface area contributed by atoms with E-state index in [0.29, 0.717) is 38.1 Å². The van der Waals surface area contributed by atoms with Gasteiger partial charge in [-0.1, -0.05) is 0 Å².